The number of rotatable bonds is 24. The van der Waals surface area contributed by atoms with Gasteiger partial charge in [0.05, 0.1) is 72.7 Å². The molecule has 15 atom stereocenters. The molecular weight excluding hydrogens is 1400 g/mol. The summed E-state index contributed by atoms with van der Waals surface area (Å²) >= 11 is 0. The summed E-state index contributed by atoms with van der Waals surface area (Å²) in [6.45, 7) is -0.765. The molecule has 0 spiro atoms. The van der Waals surface area contributed by atoms with Crippen molar-refractivity contribution in [2.75, 3.05) is 37.0 Å². The number of aliphatic hydroxyl groups is 3. The zero-order valence-corrected chi connectivity index (χ0v) is 52.3. The molecule has 3 aliphatic rings. The molecule has 3 fully saturated rings. The number of nitrogens with zero attached hydrogens (tertiary/aromatic N) is 6. The molecular formula is C35H44N9O36P9-12. The number of anilines is 3. The van der Waals surface area contributed by atoms with Gasteiger partial charge < -0.3 is 119 Å². The third-order valence-corrected chi connectivity index (χ3v) is 22.8. The summed E-state index contributed by atoms with van der Waals surface area (Å²) in [7, 11) is -53.5. The van der Waals surface area contributed by atoms with E-state index in [1.54, 1.807) is 6.92 Å². The number of aromatic nitrogens is 6. The van der Waals surface area contributed by atoms with Crippen LogP contribution in [0.4, 0.5) is 17.5 Å². The Hall–Kier alpha value is -3.73. The molecule has 89 heavy (non-hydrogen) atoms. The van der Waals surface area contributed by atoms with Crippen LogP contribution in [0, 0.1) is 41.9 Å². The van der Waals surface area contributed by atoms with Crippen LogP contribution in [0.2, 0.25) is 0 Å². The number of nitrogens with two attached hydrogens (primary N) is 3. The lowest BCUT2D eigenvalue weighted by atomic mass is 10.1. The second-order valence-electron chi connectivity index (χ2n) is 18.3. The van der Waals surface area contributed by atoms with Crippen molar-refractivity contribution in [3.63, 3.8) is 0 Å². The van der Waals surface area contributed by atoms with Gasteiger partial charge in [0.15, 0.2) is 0 Å². The van der Waals surface area contributed by atoms with Crippen LogP contribution >= 0.6 is 70.4 Å². The maximum atomic E-state index is 12.1. The summed E-state index contributed by atoms with van der Waals surface area (Å²) in [5.74, 6) is 4.60. The van der Waals surface area contributed by atoms with Gasteiger partial charge in [-0.3, -0.25) is 54.0 Å². The topological polar surface area (TPSA) is 757 Å². The predicted molar refractivity (Wildman–Crippen MR) is 265 cm³/mol. The Labute approximate surface area is 497 Å². The molecule has 0 bridgehead atoms. The first-order valence-electron chi connectivity index (χ1n) is 23.6. The molecule has 0 amide bonds. The molecule has 3 heterocycles. The third-order valence-electron chi connectivity index (χ3n) is 11.8. The van der Waals surface area contributed by atoms with Crippen molar-refractivity contribution < 1.29 is 155 Å². The van der Waals surface area contributed by atoms with Crippen LogP contribution < -0.4 is 93.0 Å². The molecule has 9 unspecified atom stereocenters. The maximum Gasteiger partial charge on any atom is 0.349 e. The standard InChI is InChI=1S/C13H20N3O12P3.C12H18N3O12P3.C10H18N3O12P3/c1-2-3-8-6-16(13(18)15-12(8)14)10-4-9(11(17)5-10)7-26-30(22,23)28-31(24,25)27-29(19,20)21;1-2-7-5-15(12(17)14-11(7)13)9-3-8(10(16)4-9)6-25-29(21,22)27-30(23,24)26-28(18,19)20;11-9-1-2-13(10(15)12-9)7-3-6(8(14)4-7)5-23-27(19,20)25-28(21,22)24-26(16,17)18/h6,9-11,17H,4-5,7H2,1H3,(H,22,23)(H,24,25)(H2,14,15,18)(H2,19,20,21);1,5,8-10,16H,3-4,6H2,(H,21,22)(H,23,24)(H2,13,14,17)(H2,18,19,20);1-2,6-8,14H,3-5H2,(H,19,20)(H,21,22)(H2,11,12,15)(H2,16,17,18)/p-12/t9-,10-,11?;8-,9-,10?;6-,7-,8?/m111/s1. The van der Waals surface area contributed by atoms with Gasteiger partial charge in [-0.25, -0.2) is 27.3 Å². The number of nitrogen functional groups attached to an aromatic ring is 3. The van der Waals surface area contributed by atoms with E-state index in [1.807, 2.05) is 0 Å². The number of phosphoric ester groups is 3. The highest BCUT2D eigenvalue weighted by Gasteiger charge is 2.39. The summed E-state index contributed by atoms with van der Waals surface area (Å²) in [4.78, 5) is 176. The summed E-state index contributed by atoms with van der Waals surface area (Å²) in [5.41, 5.74) is 14.7. The first-order chi connectivity index (χ1) is 40.4. The predicted octanol–water partition coefficient (Wildman–Crippen LogP) is -8.79. The average Bonchev–Trinajstić information content (AvgIpc) is 2.64. The number of hydrogen-bond donors (Lipinski definition) is 6. The molecule has 3 aromatic rings. The molecule has 3 aromatic heterocycles. The normalized spacial score (nSPS) is 26.1. The fourth-order valence-electron chi connectivity index (χ4n) is 8.38. The van der Waals surface area contributed by atoms with Crippen LogP contribution in [-0.2, 0) is 80.5 Å². The highest BCUT2D eigenvalue weighted by Crippen LogP contribution is 2.63. The number of phosphoric acid groups is 9. The number of terminal acetylenes is 1. The molecule has 9 N–H and O–H groups in total. The number of hydrogen-bond acceptors (Lipinski definition) is 42. The van der Waals surface area contributed by atoms with Crippen LogP contribution in [0.25, 0.3) is 0 Å². The van der Waals surface area contributed by atoms with E-state index in [4.69, 9.17) is 23.6 Å². The van der Waals surface area contributed by atoms with Gasteiger partial charge in [0.2, 0.25) is 0 Å². The van der Waals surface area contributed by atoms with Crippen LogP contribution in [0.3, 0.4) is 0 Å². The van der Waals surface area contributed by atoms with Gasteiger partial charge in [0, 0.05) is 54.5 Å². The molecule has 3 aliphatic carbocycles. The lowest BCUT2D eigenvalue weighted by Gasteiger charge is -2.37. The van der Waals surface area contributed by atoms with Crippen molar-refractivity contribution >= 4 is 87.9 Å². The highest BCUT2D eigenvalue weighted by atomic mass is 31.3. The quantitative estimate of drug-likeness (QED) is 0.0358. The van der Waals surface area contributed by atoms with Crippen LogP contribution in [0.15, 0.2) is 39.0 Å². The monoisotopic (exact) mass is 1440 g/mol. The van der Waals surface area contributed by atoms with Gasteiger partial charge in [-0.05, 0) is 51.5 Å². The van der Waals surface area contributed by atoms with Crippen LogP contribution in [0.5, 0.6) is 0 Å². The second-order valence-corrected chi connectivity index (χ2v) is 31.0. The molecule has 0 radical (unpaired) electrons. The summed E-state index contributed by atoms with van der Waals surface area (Å²) in [6.07, 6.45) is 5.86. The van der Waals surface area contributed by atoms with E-state index in [-0.39, 0.29) is 67.1 Å². The fraction of sp³-hybridized carbons (Fsp3) is 0.543. The zero-order chi connectivity index (χ0) is 67.8. The second kappa shape index (κ2) is 30.6. The third kappa shape index (κ3) is 25.9. The van der Waals surface area contributed by atoms with Gasteiger partial charge >= 0.3 is 17.1 Å². The van der Waals surface area contributed by atoms with E-state index < -0.39 is 161 Å². The zero-order valence-electron chi connectivity index (χ0n) is 44.2. The minimum atomic E-state index is -6.10. The van der Waals surface area contributed by atoms with E-state index >= 15 is 0 Å². The van der Waals surface area contributed by atoms with Gasteiger partial charge in [-0.1, -0.05) is 11.8 Å². The Kier molecular flexibility index (Phi) is 26.7. The Morgan fingerprint density at radius 3 is 1.10 bits per heavy atom. The van der Waals surface area contributed by atoms with Crippen LogP contribution in [-0.4, -0.2) is 82.1 Å². The molecule has 502 valence electrons. The van der Waals surface area contributed by atoms with Crippen molar-refractivity contribution in [2.24, 2.45) is 17.8 Å². The largest absolute Gasteiger partial charge is 0.790 e. The Bertz CT molecular complexity index is 3810. The van der Waals surface area contributed by atoms with E-state index in [2.05, 4.69) is 72.1 Å². The van der Waals surface area contributed by atoms with Gasteiger partial charge in [-0.2, -0.15) is 15.0 Å². The van der Waals surface area contributed by atoms with Crippen LogP contribution in [0.1, 0.15) is 74.7 Å². The minimum Gasteiger partial charge on any atom is -0.790 e. The van der Waals surface area contributed by atoms with Crippen molar-refractivity contribution in [3.8, 4) is 24.2 Å². The van der Waals surface area contributed by atoms with E-state index in [0.29, 0.717) is 0 Å². The molecule has 0 aromatic carbocycles. The summed E-state index contributed by atoms with van der Waals surface area (Å²) < 4.78 is 135. The van der Waals surface area contributed by atoms with Crippen molar-refractivity contribution in [3.05, 3.63) is 67.2 Å². The van der Waals surface area contributed by atoms with Gasteiger partial charge in [-0.15, -0.1) is 12.3 Å². The molecule has 0 aliphatic heterocycles. The van der Waals surface area contributed by atoms with Crippen molar-refractivity contribution in [2.45, 2.75) is 81.9 Å². The Balaban J connectivity index is 0.000000286. The Morgan fingerprint density at radius 2 is 0.798 bits per heavy atom. The lowest BCUT2D eigenvalue weighted by molar-refractivity contribution is -0.342. The van der Waals surface area contributed by atoms with Gasteiger partial charge in [0.1, 0.15) is 17.5 Å². The van der Waals surface area contributed by atoms with Gasteiger partial charge in [0.25, 0.3) is 46.9 Å². The fourth-order valence-corrected chi connectivity index (χ4v) is 17.1. The average molecular weight is 1450 g/mol. The minimum absolute atomic E-state index is 0.00124. The van der Waals surface area contributed by atoms with Crippen molar-refractivity contribution in [1.82, 2.24) is 28.7 Å². The van der Waals surface area contributed by atoms with E-state index in [1.165, 1.54) is 33.8 Å². The highest BCUT2D eigenvalue weighted by molar-refractivity contribution is 7.66. The SMILES string of the molecule is C#Cc1cn([C@H]2CC(O)[C@@H](COP(=O)([O-])OP(=O)([O-])OP(=O)([O-])[O-])C2)c(=O)nc1N.CC#Cc1cn([C@H]2CC(O)[C@@H](COP(=O)([O-])OP(=O)([O-])OP(=O)([O-])[O-])C2)c(=O)nc1N.Nc1ccn([C@H]2CC(O)[C@@H](COP(=O)([O-])OP(=O)([O-])OP(=O)([O-])[O-])C2)c(=O)n1. The molecule has 0 saturated heterocycles. The van der Waals surface area contributed by atoms with Crippen molar-refractivity contribution in [1.29, 1.82) is 0 Å². The smallest absolute Gasteiger partial charge is 0.349 e. The molecule has 45 nitrogen and oxygen atoms in total. The first-order valence-corrected chi connectivity index (χ1v) is 36.8. The first kappa shape index (κ1) is 77.7. The molecule has 3 saturated carbocycles. The summed E-state index contributed by atoms with van der Waals surface area (Å²) in [5, 5.41) is 30.3. The number of aliphatic hydroxyl groups excluding tert-OH is 3. The lowest BCUT2D eigenvalue weighted by Crippen LogP contribution is -2.27. The Morgan fingerprint density at radius 1 is 0.494 bits per heavy atom. The maximum absolute atomic E-state index is 12.1. The van der Waals surface area contributed by atoms with E-state index in [9.17, 15) is 130 Å². The van der Waals surface area contributed by atoms with E-state index in [0.717, 1.165) is 4.57 Å². The molecule has 54 heteroatoms. The molecule has 6 rings (SSSR count). The summed E-state index contributed by atoms with van der Waals surface area (Å²) in [6, 6.07) is -0.492.